The zero-order valence-electron chi connectivity index (χ0n) is 14.6. The molecule has 2 saturated heterocycles. The Labute approximate surface area is 139 Å². The highest BCUT2D eigenvalue weighted by Crippen LogP contribution is 2.53. The summed E-state index contributed by atoms with van der Waals surface area (Å²) in [5.74, 6) is 2.13. The normalized spacial score (nSPS) is 45.2. The first-order valence-electron chi connectivity index (χ1n) is 9.30. The summed E-state index contributed by atoms with van der Waals surface area (Å²) in [5, 5.41) is 10.4. The van der Waals surface area contributed by atoms with E-state index in [1.165, 1.54) is 30.4 Å². The van der Waals surface area contributed by atoms with Crippen molar-refractivity contribution in [1.82, 2.24) is 0 Å². The third kappa shape index (κ3) is 2.81. The molecule has 2 aliphatic carbocycles. The average molecular weight is 318 g/mol. The molecule has 3 fully saturated rings. The lowest BCUT2D eigenvalue weighted by Crippen LogP contribution is -2.31. The minimum atomic E-state index is -0.592. The Morgan fingerprint density at radius 2 is 2.13 bits per heavy atom. The van der Waals surface area contributed by atoms with Crippen molar-refractivity contribution in [3.8, 4) is 0 Å². The molecule has 0 aromatic heterocycles. The van der Waals surface area contributed by atoms with Crippen molar-refractivity contribution in [2.24, 2.45) is 23.7 Å². The van der Waals surface area contributed by atoms with E-state index in [1.807, 2.05) is 0 Å². The smallest absolute Gasteiger partial charge is 0.161 e. The van der Waals surface area contributed by atoms with Crippen molar-refractivity contribution in [2.75, 3.05) is 6.61 Å². The van der Waals surface area contributed by atoms with Gasteiger partial charge in [0.15, 0.2) is 6.29 Å². The Balaban J connectivity index is 1.52. The van der Waals surface area contributed by atoms with Crippen LogP contribution in [0.4, 0.5) is 0 Å². The predicted octanol–water partition coefficient (Wildman–Crippen LogP) is 3.83. The van der Waals surface area contributed by atoms with Gasteiger partial charge in [0.1, 0.15) is 0 Å². The Hall–Kier alpha value is -0.640. The van der Waals surface area contributed by atoms with Crippen molar-refractivity contribution in [2.45, 2.75) is 70.9 Å². The molecule has 3 nitrogen and oxygen atoms in total. The number of fused-ring (bicyclic) bond motifs is 3. The average Bonchev–Trinajstić information content (AvgIpc) is 2.79. The first-order chi connectivity index (χ1) is 11.0. The van der Waals surface area contributed by atoms with Gasteiger partial charge >= 0.3 is 0 Å². The molecule has 3 heteroatoms. The SMILES string of the molecule is C/C(=C/CC1OC1(C)C)[C@H]1CC[C@@H]2CCC=C3CO[C@H](O)[C@@H]3[C@H]21. The van der Waals surface area contributed by atoms with Gasteiger partial charge in [-0.25, -0.2) is 0 Å². The lowest BCUT2D eigenvalue weighted by molar-refractivity contribution is -0.0981. The van der Waals surface area contributed by atoms with Gasteiger partial charge in [-0.05, 0) is 76.2 Å². The van der Waals surface area contributed by atoms with E-state index in [1.54, 1.807) is 0 Å². The van der Waals surface area contributed by atoms with Gasteiger partial charge in [0, 0.05) is 5.92 Å². The fraction of sp³-hybridized carbons (Fsp3) is 0.800. The fourth-order valence-electron chi connectivity index (χ4n) is 5.31. The molecule has 4 rings (SSSR count). The first kappa shape index (κ1) is 15.9. The number of aliphatic hydroxyl groups excluding tert-OH is 1. The van der Waals surface area contributed by atoms with E-state index in [0.717, 1.165) is 18.8 Å². The third-order valence-electron chi connectivity index (χ3n) is 6.78. The zero-order chi connectivity index (χ0) is 16.2. The van der Waals surface area contributed by atoms with Crippen LogP contribution in [0.5, 0.6) is 0 Å². The molecule has 0 bridgehead atoms. The molecule has 23 heavy (non-hydrogen) atoms. The maximum atomic E-state index is 10.4. The van der Waals surface area contributed by atoms with Crippen molar-refractivity contribution in [3.05, 3.63) is 23.3 Å². The Morgan fingerprint density at radius 1 is 1.35 bits per heavy atom. The van der Waals surface area contributed by atoms with E-state index >= 15 is 0 Å². The highest BCUT2D eigenvalue weighted by Gasteiger charge is 2.49. The number of rotatable bonds is 3. The molecule has 0 spiro atoms. The summed E-state index contributed by atoms with van der Waals surface area (Å²) in [5.41, 5.74) is 2.93. The van der Waals surface area contributed by atoms with Gasteiger partial charge in [0.2, 0.25) is 0 Å². The maximum Gasteiger partial charge on any atom is 0.161 e. The molecule has 1 saturated carbocycles. The van der Waals surface area contributed by atoms with E-state index in [-0.39, 0.29) is 11.5 Å². The second-order valence-corrected chi connectivity index (χ2v) is 8.50. The lowest BCUT2D eigenvalue weighted by atomic mass is 9.74. The van der Waals surface area contributed by atoms with Crippen molar-refractivity contribution in [3.63, 3.8) is 0 Å². The highest BCUT2D eigenvalue weighted by molar-refractivity contribution is 5.21. The molecular weight excluding hydrogens is 288 g/mol. The molecule has 1 unspecified atom stereocenters. The second-order valence-electron chi connectivity index (χ2n) is 8.50. The predicted molar refractivity (Wildman–Crippen MR) is 89.8 cm³/mol. The van der Waals surface area contributed by atoms with Crippen LogP contribution < -0.4 is 0 Å². The molecular formula is C20H30O3. The van der Waals surface area contributed by atoms with E-state index in [4.69, 9.17) is 9.47 Å². The van der Waals surface area contributed by atoms with Gasteiger partial charge in [-0.2, -0.15) is 0 Å². The van der Waals surface area contributed by atoms with Crippen molar-refractivity contribution >= 4 is 0 Å². The number of aliphatic hydroxyl groups is 1. The van der Waals surface area contributed by atoms with Crippen molar-refractivity contribution in [1.29, 1.82) is 0 Å². The molecule has 0 radical (unpaired) electrons. The summed E-state index contributed by atoms with van der Waals surface area (Å²) in [7, 11) is 0. The number of epoxide rings is 1. The summed E-state index contributed by atoms with van der Waals surface area (Å²) < 4.78 is 11.3. The van der Waals surface area contributed by atoms with Crippen LogP contribution in [0, 0.1) is 23.7 Å². The molecule has 0 aromatic carbocycles. The standard InChI is InChI=1S/C20H30O3/c1-12(7-10-16-20(2,3)23-16)15-9-8-13-5-4-6-14-11-22-19(21)18(14)17(13)15/h6-7,13,15-19,21H,4-5,8-11H2,1-3H3/b12-7-/t13-,15+,16?,17+,18-,19-/m0/s1. The number of ether oxygens (including phenoxy) is 2. The van der Waals surface area contributed by atoms with Crippen LogP contribution >= 0.6 is 0 Å². The van der Waals surface area contributed by atoms with Crippen LogP contribution in [0.3, 0.4) is 0 Å². The Bertz CT molecular complexity index is 533. The monoisotopic (exact) mass is 318 g/mol. The summed E-state index contributed by atoms with van der Waals surface area (Å²) >= 11 is 0. The van der Waals surface area contributed by atoms with Crippen LogP contribution in [-0.4, -0.2) is 29.7 Å². The Kier molecular flexibility index (Phi) is 3.94. The quantitative estimate of drug-likeness (QED) is 0.635. The molecule has 0 aromatic rings. The number of allylic oxidation sites excluding steroid dienone is 2. The summed E-state index contributed by atoms with van der Waals surface area (Å²) in [6, 6.07) is 0. The second kappa shape index (κ2) is 5.72. The minimum Gasteiger partial charge on any atom is -0.367 e. The number of hydrogen-bond donors (Lipinski definition) is 1. The van der Waals surface area contributed by atoms with Gasteiger partial charge in [-0.15, -0.1) is 0 Å². The number of hydrogen-bond acceptors (Lipinski definition) is 3. The lowest BCUT2D eigenvalue weighted by Gasteiger charge is -2.31. The van der Waals surface area contributed by atoms with Crippen LogP contribution in [0.1, 0.15) is 52.9 Å². The molecule has 2 aliphatic heterocycles. The summed E-state index contributed by atoms with van der Waals surface area (Å²) in [6.45, 7) is 7.26. The van der Waals surface area contributed by atoms with Crippen LogP contribution in [0.25, 0.3) is 0 Å². The van der Waals surface area contributed by atoms with E-state index < -0.39 is 6.29 Å². The Morgan fingerprint density at radius 3 is 2.87 bits per heavy atom. The molecule has 4 aliphatic rings. The van der Waals surface area contributed by atoms with Gasteiger partial charge in [0.05, 0.1) is 18.3 Å². The van der Waals surface area contributed by atoms with Gasteiger partial charge in [-0.3, -0.25) is 0 Å². The fourth-order valence-corrected chi connectivity index (χ4v) is 5.31. The third-order valence-corrected chi connectivity index (χ3v) is 6.78. The largest absolute Gasteiger partial charge is 0.367 e. The highest BCUT2D eigenvalue weighted by atomic mass is 16.6. The van der Waals surface area contributed by atoms with Crippen LogP contribution in [0.2, 0.25) is 0 Å². The minimum absolute atomic E-state index is 0.0721. The van der Waals surface area contributed by atoms with E-state index in [2.05, 4.69) is 32.9 Å². The summed E-state index contributed by atoms with van der Waals surface area (Å²) in [4.78, 5) is 0. The molecule has 128 valence electrons. The topological polar surface area (TPSA) is 42.0 Å². The molecule has 1 N–H and O–H groups in total. The van der Waals surface area contributed by atoms with Crippen LogP contribution in [0.15, 0.2) is 23.3 Å². The molecule has 2 heterocycles. The molecule has 6 atom stereocenters. The van der Waals surface area contributed by atoms with Gasteiger partial charge < -0.3 is 14.6 Å². The van der Waals surface area contributed by atoms with E-state index in [0.29, 0.717) is 24.5 Å². The zero-order valence-corrected chi connectivity index (χ0v) is 14.6. The van der Waals surface area contributed by atoms with Crippen LogP contribution in [-0.2, 0) is 9.47 Å². The first-order valence-corrected chi connectivity index (χ1v) is 9.30. The van der Waals surface area contributed by atoms with Crippen molar-refractivity contribution < 1.29 is 14.6 Å². The van der Waals surface area contributed by atoms with E-state index in [9.17, 15) is 5.11 Å². The molecule has 0 amide bonds. The van der Waals surface area contributed by atoms with Gasteiger partial charge in [-0.1, -0.05) is 17.7 Å². The maximum absolute atomic E-state index is 10.4. The van der Waals surface area contributed by atoms with Gasteiger partial charge in [0.25, 0.3) is 0 Å². The summed E-state index contributed by atoms with van der Waals surface area (Å²) in [6.07, 6.45) is 10.6.